The molecule has 0 aliphatic carbocycles. The van der Waals surface area contributed by atoms with E-state index < -0.39 is 0 Å². The van der Waals surface area contributed by atoms with Crippen LogP contribution < -0.4 is 14.2 Å². The summed E-state index contributed by atoms with van der Waals surface area (Å²) in [5.41, 5.74) is 1.90. The van der Waals surface area contributed by atoms with Crippen LogP contribution in [0.4, 0.5) is 0 Å². The van der Waals surface area contributed by atoms with Crippen LogP contribution in [0.1, 0.15) is 18.1 Å². The molecule has 0 saturated carbocycles. The standard InChI is InChI=1S/C23H22O4/c1-16(24)27-23-15-20(25-2)14-22(26-3)21(23)10-6-7-17-11-12-18-8-4-5-9-19(18)13-17/h4-9,11-15H,10H2,1-3H3/b7-6+. The number of hydrogen-bond acceptors (Lipinski definition) is 4. The van der Waals surface area contributed by atoms with Crippen LogP contribution in [-0.4, -0.2) is 20.2 Å². The van der Waals surface area contributed by atoms with Gasteiger partial charge in [0.05, 0.1) is 14.2 Å². The molecule has 0 unspecified atom stereocenters. The lowest BCUT2D eigenvalue weighted by Gasteiger charge is -2.14. The van der Waals surface area contributed by atoms with Crippen molar-refractivity contribution >= 4 is 22.8 Å². The van der Waals surface area contributed by atoms with Gasteiger partial charge in [0.2, 0.25) is 0 Å². The van der Waals surface area contributed by atoms with Crippen molar-refractivity contribution in [3.8, 4) is 17.2 Å². The van der Waals surface area contributed by atoms with Crippen LogP contribution >= 0.6 is 0 Å². The van der Waals surface area contributed by atoms with Crippen LogP contribution in [0.15, 0.2) is 60.7 Å². The number of ether oxygens (including phenoxy) is 3. The predicted octanol–water partition coefficient (Wildman–Crippen LogP) is 5.04. The molecule has 0 atom stereocenters. The minimum absolute atomic E-state index is 0.384. The molecular weight excluding hydrogens is 340 g/mol. The summed E-state index contributed by atoms with van der Waals surface area (Å²) in [5, 5.41) is 2.41. The molecule has 0 N–H and O–H groups in total. The smallest absolute Gasteiger partial charge is 0.308 e. The molecule has 4 nitrogen and oxygen atoms in total. The van der Waals surface area contributed by atoms with Gasteiger partial charge in [0.25, 0.3) is 0 Å². The quantitative estimate of drug-likeness (QED) is 0.455. The number of fused-ring (bicyclic) bond motifs is 1. The molecule has 27 heavy (non-hydrogen) atoms. The lowest BCUT2D eigenvalue weighted by atomic mass is 10.0. The topological polar surface area (TPSA) is 44.8 Å². The van der Waals surface area contributed by atoms with Gasteiger partial charge in [0.1, 0.15) is 17.2 Å². The van der Waals surface area contributed by atoms with Crippen molar-refractivity contribution in [3.63, 3.8) is 0 Å². The number of carbonyl (C=O) groups excluding carboxylic acids is 1. The van der Waals surface area contributed by atoms with Gasteiger partial charge < -0.3 is 14.2 Å². The molecule has 0 radical (unpaired) electrons. The van der Waals surface area contributed by atoms with E-state index in [9.17, 15) is 4.79 Å². The molecule has 0 aliphatic rings. The van der Waals surface area contributed by atoms with E-state index in [4.69, 9.17) is 14.2 Å². The van der Waals surface area contributed by atoms with E-state index in [1.807, 2.05) is 24.3 Å². The summed E-state index contributed by atoms with van der Waals surface area (Å²) in [6, 6.07) is 18.1. The highest BCUT2D eigenvalue weighted by Crippen LogP contribution is 2.35. The van der Waals surface area contributed by atoms with E-state index in [0.717, 1.165) is 11.1 Å². The lowest BCUT2D eigenvalue weighted by molar-refractivity contribution is -0.131. The summed E-state index contributed by atoms with van der Waals surface area (Å²) < 4.78 is 16.1. The van der Waals surface area contributed by atoms with Crippen LogP contribution in [0.2, 0.25) is 0 Å². The number of carbonyl (C=O) groups is 1. The average molecular weight is 362 g/mol. The van der Waals surface area contributed by atoms with E-state index in [-0.39, 0.29) is 5.97 Å². The fraction of sp³-hybridized carbons (Fsp3) is 0.174. The Hall–Kier alpha value is -3.27. The zero-order valence-corrected chi connectivity index (χ0v) is 15.7. The van der Waals surface area contributed by atoms with Gasteiger partial charge in [0.15, 0.2) is 0 Å². The van der Waals surface area contributed by atoms with Gasteiger partial charge in [-0.1, -0.05) is 48.6 Å². The minimum Gasteiger partial charge on any atom is -0.496 e. The summed E-state index contributed by atoms with van der Waals surface area (Å²) in [6.07, 6.45) is 4.64. The summed E-state index contributed by atoms with van der Waals surface area (Å²) in [6.45, 7) is 1.38. The van der Waals surface area contributed by atoms with Gasteiger partial charge in [-0.15, -0.1) is 0 Å². The van der Waals surface area contributed by atoms with E-state index in [1.54, 1.807) is 26.4 Å². The summed E-state index contributed by atoms with van der Waals surface area (Å²) in [5.74, 6) is 1.26. The second kappa shape index (κ2) is 8.41. The first-order valence-corrected chi connectivity index (χ1v) is 8.69. The maximum atomic E-state index is 11.5. The molecule has 3 aromatic rings. The molecule has 0 heterocycles. The molecule has 3 rings (SSSR count). The van der Waals surface area contributed by atoms with Crippen molar-refractivity contribution in [2.24, 2.45) is 0 Å². The van der Waals surface area contributed by atoms with E-state index >= 15 is 0 Å². The molecule has 0 fully saturated rings. The molecule has 3 aromatic carbocycles. The zero-order valence-electron chi connectivity index (χ0n) is 15.7. The molecule has 138 valence electrons. The Balaban J connectivity index is 1.88. The summed E-state index contributed by atoms with van der Waals surface area (Å²) >= 11 is 0. The molecule has 4 heteroatoms. The fourth-order valence-corrected chi connectivity index (χ4v) is 2.97. The Bertz CT molecular complexity index is 989. The number of rotatable bonds is 6. The van der Waals surface area contributed by atoms with Gasteiger partial charge in [-0.05, 0) is 28.8 Å². The highest BCUT2D eigenvalue weighted by molar-refractivity contribution is 5.84. The third-order valence-corrected chi connectivity index (χ3v) is 4.26. The monoisotopic (exact) mass is 362 g/mol. The summed E-state index contributed by atoms with van der Waals surface area (Å²) in [7, 11) is 3.15. The number of benzene rings is 3. The second-order valence-corrected chi connectivity index (χ2v) is 6.11. The number of allylic oxidation sites excluding steroid dienone is 1. The van der Waals surface area contributed by atoms with Crippen molar-refractivity contribution in [2.75, 3.05) is 14.2 Å². The van der Waals surface area contributed by atoms with Crippen molar-refractivity contribution in [1.82, 2.24) is 0 Å². The number of esters is 1. The largest absolute Gasteiger partial charge is 0.496 e. The van der Waals surface area contributed by atoms with Gasteiger partial charge in [-0.3, -0.25) is 4.79 Å². The molecule has 0 amide bonds. The summed E-state index contributed by atoms with van der Waals surface area (Å²) in [4.78, 5) is 11.5. The molecule has 0 bridgehead atoms. The van der Waals surface area contributed by atoms with Gasteiger partial charge in [0, 0.05) is 24.6 Å². The van der Waals surface area contributed by atoms with E-state index in [0.29, 0.717) is 23.7 Å². The van der Waals surface area contributed by atoms with Crippen LogP contribution in [0.25, 0.3) is 16.8 Å². The van der Waals surface area contributed by atoms with Gasteiger partial charge in [-0.2, -0.15) is 0 Å². The fourth-order valence-electron chi connectivity index (χ4n) is 2.97. The molecule has 0 saturated heterocycles. The maximum Gasteiger partial charge on any atom is 0.308 e. The van der Waals surface area contributed by atoms with Crippen LogP contribution in [0.5, 0.6) is 17.2 Å². The minimum atomic E-state index is -0.384. The zero-order chi connectivity index (χ0) is 19.2. The van der Waals surface area contributed by atoms with E-state index in [2.05, 4.69) is 30.3 Å². The maximum absolute atomic E-state index is 11.5. The SMILES string of the molecule is COc1cc(OC)c(C/C=C/c2ccc3ccccc3c2)c(OC(C)=O)c1. The highest BCUT2D eigenvalue weighted by Gasteiger charge is 2.14. The second-order valence-electron chi connectivity index (χ2n) is 6.11. The van der Waals surface area contributed by atoms with Crippen LogP contribution in [-0.2, 0) is 11.2 Å². The number of hydrogen-bond donors (Lipinski definition) is 0. The van der Waals surface area contributed by atoms with E-state index in [1.165, 1.54) is 17.7 Å². The predicted molar refractivity (Wildman–Crippen MR) is 108 cm³/mol. The van der Waals surface area contributed by atoms with Crippen molar-refractivity contribution in [1.29, 1.82) is 0 Å². The molecular formula is C23H22O4. The number of methoxy groups -OCH3 is 2. The average Bonchev–Trinajstić information content (AvgIpc) is 2.68. The van der Waals surface area contributed by atoms with Gasteiger partial charge >= 0.3 is 5.97 Å². The first-order valence-electron chi connectivity index (χ1n) is 8.69. The lowest BCUT2D eigenvalue weighted by Crippen LogP contribution is -2.05. The van der Waals surface area contributed by atoms with Crippen molar-refractivity contribution in [3.05, 3.63) is 71.8 Å². The normalized spacial score (nSPS) is 10.9. The molecule has 0 spiro atoms. The Morgan fingerprint density at radius 2 is 1.67 bits per heavy atom. The Morgan fingerprint density at radius 1 is 0.926 bits per heavy atom. The third kappa shape index (κ3) is 4.47. The first-order chi connectivity index (χ1) is 13.1. The van der Waals surface area contributed by atoms with Gasteiger partial charge in [-0.25, -0.2) is 0 Å². The molecule has 0 aromatic heterocycles. The van der Waals surface area contributed by atoms with Crippen LogP contribution in [0, 0.1) is 0 Å². The Kier molecular flexibility index (Phi) is 5.77. The Labute approximate surface area is 159 Å². The molecule has 0 aliphatic heterocycles. The first kappa shape index (κ1) is 18.5. The van der Waals surface area contributed by atoms with Crippen molar-refractivity contribution in [2.45, 2.75) is 13.3 Å². The van der Waals surface area contributed by atoms with Crippen LogP contribution in [0.3, 0.4) is 0 Å². The third-order valence-electron chi connectivity index (χ3n) is 4.26. The van der Waals surface area contributed by atoms with Crippen molar-refractivity contribution < 1.29 is 19.0 Å². The Morgan fingerprint density at radius 3 is 2.37 bits per heavy atom. The highest BCUT2D eigenvalue weighted by atomic mass is 16.5.